The van der Waals surface area contributed by atoms with Crippen LogP contribution in [0.25, 0.3) is 0 Å². The number of hydrogen-bond acceptors (Lipinski definition) is 6. The number of thioether (sulfide) groups is 1. The van der Waals surface area contributed by atoms with Gasteiger partial charge in [0.05, 0.1) is 4.90 Å². The van der Waals surface area contributed by atoms with E-state index in [-0.39, 0.29) is 34.0 Å². The maximum Gasteiger partial charge on any atom is 0.228 e. The topological polar surface area (TPSA) is 35.5 Å². The zero-order valence-electron chi connectivity index (χ0n) is 14.1. The number of likely N-dealkylation sites (N-methyl/N-ethyl adjacent to an activating group) is 1. The summed E-state index contributed by atoms with van der Waals surface area (Å²) in [6, 6.07) is 0. The minimum Gasteiger partial charge on any atom is -0.353 e. The monoisotopic (exact) mass is 489 g/mol. The third kappa shape index (κ3) is 5.63. The maximum absolute atomic E-state index is 6.40. The standard InChI is InChI=1S/C14H24ClN5S.2BrH/c1-5-19(6-2)14-16-12(15)11(21-4)13(17-14)20-9-7-18(3)8-10-20;;/h5-10H2,1-4H3;2*1H. The molecule has 2 rings (SSSR count). The van der Waals surface area contributed by atoms with Gasteiger partial charge in [-0.1, -0.05) is 11.6 Å². The van der Waals surface area contributed by atoms with Crippen LogP contribution in [-0.4, -0.2) is 67.4 Å². The van der Waals surface area contributed by atoms with Gasteiger partial charge in [-0.15, -0.1) is 45.7 Å². The van der Waals surface area contributed by atoms with Gasteiger partial charge >= 0.3 is 0 Å². The van der Waals surface area contributed by atoms with Crippen LogP contribution in [-0.2, 0) is 0 Å². The van der Waals surface area contributed by atoms with Crippen LogP contribution < -0.4 is 9.80 Å². The molecule has 0 amide bonds. The van der Waals surface area contributed by atoms with Crippen molar-refractivity contribution in [1.82, 2.24) is 14.9 Å². The molecular weight excluding hydrogens is 466 g/mol. The van der Waals surface area contributed by atoms with Crippen molar-refractivity contribution >= 4 is 69.1 Å². The quantitative estimate of drug-likeness (QED) is 0.463. The van der Waals surface area contributed by atoms with Crippen LogP contribution in [0.15, 0.2) is 4.90 Å². The molecule has 9 heteroatoms. The lowest BCUT2D eigenvalue weighted by Crippen LogP contribution is -2.45. The minimum atomic E-state index is 0. The van der Waals surface area contributed by atoms with Crippen LogP contribution in [0, 0.1) is 0 Å². The molecule has 0 spiro atoms. The molecule has 1 aromatic rings. The summed E-state index contributed by atoms with van der Waals surface area (Å²) in [6.45, 7) is 10.1. The fourth-order valence-electron chi connectivity index (χ4n) is 2.46. The van der Waals surface area contributed by atoms with Gasteiger partial charge in [0.25, 0.3) is 0 Å². The van der Waals surface area contributed by atoms with E-state index >= 15 is 0 Å². The van der Waals surface area contributed by atoms with Gasteiger partial charge in [0.2, 0.25) is 5.95 Å². The van der Waals surface area contributed by atoms with Crippen LogP contribution in [0.2, 0.25) is 5.15 Å². The van der Waals surface area contributed by atoms with E-state index in [0.717, 1.165) is 55.9 Å². The Kier molecular flexibility index (Phi) is 11.1. The van der Waals surface area contributed by atoms with Crippen molar-refractivity contribution < 1.29 is 0 Å². The normalized spacial score (nSPS) is 14.9. The first kappa shape index (κ1) is 23.2. The van der Waals surface area contributed by atoms with Gasteiger partial charge in [-0.3, -0.25) is 0 Å². The average molecular weight is 492 g/mol. The van der Waals surface area contributed by atoms with E-state index in [2.05, 4.69) is 40.6 Å². The molecule has 1 aromatic heterocycles. The Morgan fingerprint density at radius 1 is 1.09 bits per heavy atom. The molecule has 0 N–H and O–H groups in total. The molecule has 5 nitrogen and oxygen atoms in total. The van der Waals surface area contributed by atoms with E-state index in [0.29, 0.717) is 5.15 Å². The molecule has 1 fully saturated rings. The zero-order chi connectivity index (χ0) is 15.4. The van der Waals surface area contributed by atoms with Crippen LogP contribution in [0.3, 0.4) is 0 Å². The summed E-state index contributed by atoms with van der Waals surface area (Å²) < 4.78 is 0. The van der Waals surface area contributed by atoms with Gasteiger partial charge in [-0.05, 0) is 27.2 Å². The highest BCUT2D eigenvalue weighted by Crippen LogP contribution is 2.34. The Morgan fingerprint density at radius 3 is 2.13 bits per heavy atom. The van der Waals surface area contributed by atoms with Gasteiger partial charge < -0.3 is 14.7 Å². The highest BCUT2D eigenvalue weighted by Gasteiger charge is 2.22. The number of aromatic nitrogens is 2. The summed E-state index contributed by atoms with van der Waals surface area (Å²) in [5.74, 6) is 1.72. The highest BCUT2D eigenvalue weighted by molar-refractivity contribution is 8.93. The molecule has 23 heavy (non-hydrogen) atoms. The molecule has 0 radical (unpaired) electrons. The second-order valence-corrected chi connectivity index (χ2v) is 6.31. The third-order valence-corrected chi connectivity index (χ3v) is 5.02. The Morgan fingerprint density at radius 2 is 1.65 bits per heavy atom. The van der Waals surface area contributed by atoms with Crippen molar-refractivity contribution in [3.05, 3.63) is 5.15 Å². The van der Waals surface area contributed by atoms with Crippen molar-refractivity contribution in [2.24, 2.45) is 0 Å². The molecule has 0 aromatic carbocycles. The van der Waals surface area contributed by atoms with Crippen molar-refractivity contribution in [3.63, 3.8) is 0 Å². The molecule has 1 saturated heterocycles. The fourth-order valence-corrected chi connectivity index (χ4v) is 3.42. The first-order valence-corrected chi connectivity index (χ1v) is 9.00. The van der Waals surface area contributed by atoms with Gasteiger partial charge in [0.1, 0.15) is 11.0 Å². The summed E-state index contributed by atoms with van der Waals surface area (Å²) in [5.41, 5.74) is 0. The number of nitrogens with zero attached hydrogens (tertiary/aromatic N) is 5. The Labute approximate surface area is 169 Å². The summed E-state index contributed by atoms with van der Waals surface area (Å²) >= 11 is 8.03. The van der Waals surface area contributed by atoms with E-state index in [1.165, 1.54) is 0 Å². The molecule has 0 atom stereocenters. The SMILES string of the molecule is Br.Br.CCN(CC)c1nc(Cl)c(SC)c(N2CCN(C)CC2)n1. The van der Waals surface area contributed by atoms with E-state index in [1.54, 1.807) is 11.8 Å². The molecule has 0 aliphatic carbocycles. The van der Waals surface area contributed by atoms with Crippen LogP contribution >= 0.6 is 57.3 Å². The van der Waals surface area contributed by atoms with Crippen LogP contribution in [0.4, 0.5) is 11.8 Å². The van der Waals surface area contributed by atoms with Crippen molar-refractivity contribution in [1.29, 1.82) is 0 Å². The lowest BCUT2D eigenvalue weighted by atomic mass is 10.3. The summed E-state index contributed by atoms with van der Waals surface area (Å²) in [7, 11) is 2.15. The first-order chi connectivity index (χ1) is 10.1. The number of hydrogen-bond donors (Lipinski definition) is 0. The molecule has 0 bridgehead atoms. The fraction of sp³-hybridized carbons (Fsp3) is 0.714. The molecule has 1 aliphatic heterocycles. The van der Waals surface area contributed by atoms with E-state index in [1.807, 2.05) is 6.26 Å². The van der Waals surface area contributed by atoms with E-state index in [4.69, 9.17) is 16.6 Å². The van der Waals surface area contributed by atoms with Crippen molar-refractivity contribution in [2.75, 3.05) is 62.4 Å². The molecule has 134 valence electrons. The Hall–Kier alpha value is 0.240. The lowest BCUT2D eigenvalue weighted by Gasteiger charge is -2.34. The Bertz CT molecular complexity index is 482. The second-order valence-electron chi connectivity index (χ2n) is 5.13. The van der Waals surface area contributed by atoms with Gasteiger partial charge in [0, 0.05) is 39.3 Å². The Balaban J connectivity index is 0.00000242. The minimum absolute atomic E-state index is 0. The van der Waals surface area contributed by atoms with Gasteiger partial charge in [-0.2, -0.15) is 9.97 Å². The second kappa shape index (κ2) is 11.0. The molecular formula is C14H26Br2ClN5S. The van der Waals surface area contributed by atoms with Gasteiger partial charge in [0.15, 0.2) is 0 Å². The molecule has 0 unspecified atom stereocenters. The van der Waals surface area contributed by atoms with Crippen LogP contribution in [0.1, 0.15) is 13.8 Å². The van der Waals surface area contributed by atoms with Crippen molar-refractivity contribution in [2.45, 2.75) is 18.7 Å². The smallest absolute Gasteiger partial charge is 0.228 e. The van der Waals surface area contributed by atoms with Crippen molar-refractivity contribution in [3.8, 4) is 0 Å². The number of piperazine rings is 1. The maximum atomic E-state index is 6.40. The summed E-state index contributed by atoms with van der Waals surface area (Å²) in [4.78, 5) is 17.1. The van der Waals surface area contributed by atoms with E-state index in [9.17, 15) is 0 Å². The molecule has 1 aliphatic rings. The highest BCUT2D eigenvalue weighted by atomic mass is 79.9. The third-order valence-electron chi connectivity index (χ3n) is 3.85. The zero-order valence-corrected chi connectivity index (χ0v) is 19.1. The van der Waals surface area contributed by atoms with Gasteiger partial charge in [-0.25, -0.2) is 0 Å². The largest absolute Gasteiger partial charge is 0.353 e. The van der Waals surface area contributed by atoms with Crippen LogP contribution in [0.5, 0.6) is 0 Å². The molecule has 0 saturated carbocycles. The summed E-state index contributed by atoms with van der Waals surface area (Å²) in [6.07, 6.45) is 2.03. The number of halogens is 3. The predicted molar refractivity (Wildman–Crippen MR) is 113 cm³/mol. The number of anilines is 2. The van der Waals surface area contributed by atoms with E-state index < -0.39 is 0 Å². The first-order valence-electron chi connectivity index (χ1n) is 7.40. The number of rotatable bonds is 5. The summed E-state index contributed by atoms with van der Waals surface area (Å²) in [5, 5.41) is 0.563. The predicted octanol–water partition coefficient (Wildman–Crippen LogP) is 3.61. The molecule has 2 heterocycles. The lowest BCUT2D eigenvalue weighted by molar-refractivity contribution is 0.311. The average Bonchev–Trinajstić information content (AvgIpc) is 2.49.